The molecule has 0 radical (unpaired) electrons. The minimum Gasteiger partial charge on any atom is -0.508 e. The molecule has 0 bridgehead atoms. The van der Waals surface area contributed by atoms with E-state index in [1.165, 1.54) is 0 Å². The molecule has 1 unspecified atom stereocenters. The van der Waals surface area contributed by atoms with Gasteiger partial charge in [0.25, 0.3) is 0 Å². The topological polar surface area (TPSA) is 66.8 Å². The average molecular weight is 414 g/mol. The van der Waals surface area contributed by atoms with E-state index in [0.29, 0.717) is 19.4 Å². The minimum absolute atomic E-state index is 0.0163. The number of aliphatic hydroxyl groups excluding tert-OH is 1. The Kier molecular flexibility index (Phi) is 9.81. The van der Waals surface area contributed by atoms with Crippen molar-refractivity contribution >= 4 is 11.8 Å². The van der Waals surface area contributed by atoms with Crippen LogP contribution in [0.2, 0.25) is 0 Å². The summed E-state index contributed by atoms with van der Waals surface area (Å²) in [4.78, 5) is 28.1. The lowest BCUT2D eigenvalue weighted by molar-refractivity contribution is 0.0495. The number of esters is 1. The monoisotopic (exact) mass is 413 g/mol. The first-order valence-corrected chi connectivity index (χ1v) is 11.2. The van der Waals surface area contributed by atoms with Crippen molar-refractivity contribution in [1.82, 2.24) is 4.90 Å². The van der Waals surface area contributed by atoms with Crippen LogP contribution in [0.15, 0.2) is 47.7 Å². The van der Waals surface area contributed by atoms with Crippen molar-refractivity contribution in [3.05, 3.63) is 58.9 Å². The van der Waals surface area contributed by atoms with Gasteiger partial charge in [0.05, 0.1) is 17.7 Å². The van der Waals surface area contributed by atoms with E-state index in [9.17, 15) is 14.7 Å². The fourth-order valence-electron chi connectivity index (χ4n) is 3.84. The van der Waals surface area contributed by atoms with Crippen molar-refractivity contribution < 1.29 is 19.4 Å². The third-order valence-electron chi connectivity index (χ3n) is 5.65. The number of hydrogen-bond acceptors (Lipinski definition) is 5. The van der Waals surface area contributed by atoms with Crippen LogP contribution in [0.3, 0.4) is 0 Å². The van der Waals surface area contributed by atoms with E-state index in [0.717, 1.165) is 38.8 Å². The zero-order valence-corrected chi connectivity index (χ0v) is 18.5. The quantitative estimate of drug-likeness (QED) is 0.296. The number of benzene rings is 1. The lowest BCUT2D eigenvalue weighted by Crippen LogP contribution is -2.34. The number of aliphatic hydroxyl groups is 1. The summed E-state index contributed by atoms with van der Waals surface area (Å²) in [6.45, 7) is 8.53. The Morgan fingerprint density at radius 1 is 1.00 bits per heavy atom. The molecule has 1 atom stereocenters. The van der Waals surface area contributed by atoms with Crippen molar-refractivity contribution in [1.29, 1.82) is 0 Å². The number of rotatable bonds is 11. The second kappa shape index (κ2) is 12.3. The molecule has 0 aliphatic heterocycles. The summed E-state index contributed by atoms with van der Waals surface area (Å²) in [5.41, 5.74) is 0.771. The van der Waals surface area contributed by atoms with Crippen LogP contribution in [0, 0.1) is 0 Å². The van der Waals surface area contributed by atoms with Gasteiger partial charge in [0.2, 0.25) is 0 Å². The molecule has 2 rings (SSSR count). The van der Waals surface area contributed by atoms with Gasteiger partial charge in [-0.2, -0.15) is 0 Å². The standard InChI is InChI=1S/C25H35NO4/c1-4-7-8-11-18-30-25(29)21-13-10-9-12-20(21)24(28)22-16-14-19(15-17-23(22)27)26(5-2)6-3/h9-10,12-13,16-17,19,27H,4-8,11,14-15,18H2,1-3H3. The highest BCUT2D eigenvalue weighted by Crippen LogP contribution is 2.25. The van der Waals surface area contributed by atoms with Crippen LogP contribution >= 0.6 is 0 Å². The maximum atomic E-state index is 13.2. The van der Waals surface area contributed by atoms with Crippen molar-refractivity contribution in [3.8, 4) is 0 Å². The second-order valence-corrected chi connectivity index (χ2v) is 7.62. The third kappa shape index (κ3) is 6.30. The lowest BCUT2D eigenvalue weighted by Gasteiger charge is -2.27. The summed E-state index contributed by atoms with van der Waals surface area (Å²) >= 11 is 0. The molecular weight excluding hydrogens is 378 g/mol. The lowest BCUT2D eigenvalue weighted by atomic mass is 9.96. The predicted molar refractivity (Wildman–Crippen MR) is 120 cm³/mol. The molecule has 0 spiro atoms. The molecule has 1 aromatic rings. The van der Waals surface area contributed by atoms with E-state index < -0.39 is 5.97 Å². The van der Waals surface area contributed by atoms with Gasteiger partial charge in [-0.1, -0.05) is 64.3 Å². The minimum atomic E-state index is -0.492. The SMILES string of the molecule is CCCCCCOC(=O)c1ccccc1C(=O)C1=CCC(N(CC)CC)CC=C1O. The molecule has 1 aromatic carbocycles. The van der Waals surface area contributed by atoms with Crippen LogP contribution in [0.4, 0.5) is 0 Å². The van der Waals surface area contributed by atoms with E-state index in [2.05, 4.69) is 25.7 Å². The summed E-state index contributed by atoms with van der Waals surface area (Å²) in [5.74, 6) is -0.853. The molecule has 1 aliphatic carbocycles. The third-order valence-corrected chi connectivity index (χ3v) is 5.65. The Labute approximate surface area is 180 Å². The smallest absolute Gasteiger partial charge is 0.338 e. The highest BCUT2D eigenvalue weighted by molar-refractivity contribution is 6.16. The molecular formula is C25H35NO4. The molecule has 5 nitrogen and oxygen atoms in total. The highest BCUT2D eigenvalue weighted by Gasteiger charge is 2.25. The number of ketones is 1. The molecule has 1 aliphatic rings. The average Bonchev–Trinajstić information content (AvgIpc) is 2.96. The Balaban J connectivity index is 2.17. The summed E-state index contributed by atoms with van der Waals surface area (Å²) in [7, 11) is 0. The van der Waals surface area contributed by atoms with Gasteiger partial charge >= 0.3 is 5.97 Å². The van der Waals surface area contributed by atoms with E-state index in [4.69, 9.17) is 4.74 Å². The van der Waals surface area contributed by atoms with Crippen molar-refractivity contribution in [2.45, 2.75) is 65.3 Å². The molecule has 0 heterocycles. The number of allylic oxidation sites excluding steroid dienone is 1. The van der Waals surface area contributed by atoms with E-state index in [1.54, 1.807) is 36.4 Å². The van der Waals surface area contributed by atoms with E-state index in [1.807, 2.05) is 0 Å². The number of carbonyl (C=O) groups excluding carboxylic acids is 2. The van der Waals surface area contributed by atoms with Crippen molar-refractivity contribution in [2.75, 3.05) is 19.7 Å². The van der Waals surface area contributed by atoms with Gasteiger partial charge < -0.3 is 14.7 Å². The van der Waals surface area contributed by atoms with Gasteiger partial charge in [0.15, 0.2) is 5.78 Å². The van der Waals surface area contributed by atoms with Gasteiger partial charge in [0.1, 0.15) is 5.76 Å². The van der Waals surface area contributed by atoms with Crippen molar-refractivity contribution in [3.63, 3.8) is 0 Å². The predicted octanol–water partition coefficient (Wildman–Crippen LogP) is 5.48. The van der Waals surface area contributed by atoms with Gasteiger partial charge in [-0.25, -0.2) is 4.79 Å². The number of nitrogens with zero attached hydrogens (tertiary/aromatic N) is 1. The van der Waals surface area contributed by atoms with Gasteiger partial charge in [-0.05, 0) is 44.5 Å². The first-order chi connectivity index (χ1) is 14.5. The van der Waals surface area contributed by atoms with Crippen LogP contribution in [-0.4, -0.2) is 47.5 Å². The van der Waals surface area contributed by atoms with E-state index >= 15 is 0 Å². The summed E-state index contributed by atoms with van der Waals surface area (Å²) in [5, 5.41) is 10.5. The molecule has 0 fully saturated rings. The molecule has 30 heavy (non-hydrogen) atoms. The highest BCUT2D eigenvalue weighted by atomic mass is 16.5. The zero-order valence-electron chi connectivity index (χ0n) is 18.5. The number of ether oxygens (including phenoxy) is 1. The molecule has 164 valence electrons. The first kappa shape index (κ1) is 23.9. The maximum Gasteiger partial charge on any atom is 0.338 e. The molecule has 5 heteroatoms. The van der Waals surface area contributed by atoms with Gasteiger partial charge in [-0.15, -0.1) is 0 Å². The van der Waals surface area contributed by atoms with Gasteiger partial charge in [-0.3, -0.25) is 4.79 Å². The Morgan fingerprint density at radius 3 is 2.33 bits per heavy atom. The number of Topliss-reactive ketones (excluding diaryl/α,β-unsaturated/α-hetero) is 1. The summed E-state index contributed by atoms with van der Waals surface area (Å²) in [6.07, 6.45) is 8.94. The molecule has 0 saturated carbocycles. The molecule has 1 N–H and O–H groups in total. The fourth-order valence-corrected chi connectivity index (χ4v) is 3.84. The van der Waals surface area contributed by atoms with Crippen LogP contribution in [-0.2, 0) is 4.74 Å². The Bertz CT molecular complexity index is 777. The number of unbranched alkanes of at least 4 members (excludes halogenated alkanes) is 3. The largest absolute Gasteiger partial charge is 0.508 e. The molecule has 0 aromatic heterocycles. The van der Waals surface area contributed by atoms with Crippen LogP contribution < -0.4 is 0 Å². The zero-order chi connectivity index (χ0) is 21.9. The number of carbonyl (C=O) groups is 2. The number of hydrogen-bond donors (Lipinski definition) is 1. The second-order valence-electron chi connectivity index (χ2n) is 7.62. The molecule has 0 amide bonds. The Hall–Kier alpha value is -2.40. The van der Waals surface area contributed by atoms with Crippen LogP contribution in [0.5, 0.6) is 0 Å². The molecule has 0 saturated heterocycles. The Morgan fingerprint density at radius 2 is 1.67 bits per heavy atom. The van der Waals surface area contributed by atoms with Crippen LogP contribution in [0.1, 0.15) is 80.0 Å². The maximum absolute atomic E-state index is 13.2. The van der Waals surface area contributed by atoms with Crippen molar-refractivity contribution in [2.24, 2.45) is 0 Å². The van der Waals surface area contributed by atoms with Gasteiger partial charge in [0, 0.05) is 11.6 Å². The summed E-state index contributed by atoms with van der Waals surface area (Å²) < 4.78 is 5.39. The van der Waals surface area contributed by atoms with E-state index in [-0.39, 0.29) is 34.3 Å². The first-order valence-electron chi connectivity index (χ1n) is 11.2. The normalized spacial score (nSPS) is 16.6. The summed E-state index contributed by atoms with van der Waals surface area (Å²) in [6, 6.07) is 6.92. The fraction of sp³-hybridized carbons (Fsp3) is 0.520. The van der Waals surface area contributed by atoms with Crippen LogP contribution in [0.25, 0.3) is 0 Å².